The minimum Gasteiger partial charge on any atom is -0.508 e. The van der Waals surface area contributed by atoms with Crippen molar-refractivity contribution in [2.45, 2.75) is 110 Å². The minimum absolute atomic E-state index is 0.122. The predicted octanol–water partition coefficient (Wildman–Crippen LogP) is 7.35. The topological polar surface area (TPSA) is 46.5 Å². The Balaban J connectivity index is 1.80. The fourth-order valence-electron chi connectivity index (χ4n) is 3.46. The molecule has 0 unspecified atom stereocenters. The molecule has 0 bridgehead atoms. The number of benzene rings is 1. The van der Waals surface area contributed by atoms with Crippen LogP contribution in [0.1, 0.15) is 109 Å². The molecule has 1 aromatic rings. The van der Waals surface area contributed by atoms with Gasteiger partial charge in [0.1, 0.15) is 5.75 Å². The summed E-state index contributed by atoms with van der Waals surface area (Å²) in [5.41, 5.74) is 1.05. The Labute approximate surface area is 172 Å². The predicted molar refractivity (Wildman–Crippen MR) is 118 cm³/mol. The number of unbranched alkanes of at least 4 members (excludes halogenated alkanes) is 13. The van der Waals surface area contributed by atoms with E-state index in [0.717, 1.165) is 18.4 Å². The van der Waals surface area contributed by atoms with Gasteiger partial charge in [-0.15, -0.1) is 0 Å². The van der Waals surface area contributed by atoms with Crippen LogP contribution in [0.3, 0.4) is 0 Å². The number of carbonyl (C=O) groups is 1. The fraction of sp³-hybridized carbons (Fsp3) is 0.720. The van der Waals surface area contributed by atoms with Gasteiger partial charge in [0.2, 0.25) is 0 Å². The third kappa shape index (κ3) is 14.5. The molecule has 1 rings (SSSR count). The Morgan fingerprint density at radius 2 is 1.21 bits per heavy atom. The standard InChI is InChI=1S/C25H42O3/c1-2-3-4-5-6-7-8-9-10-11-12-13-14-15-22-28-25(27)21-18-23-16-19-24(26)20-17-23/h16-17,19-20,26H,2-15,18,21-22H2,1H3. The molecule has 160 valence electrons. The minimum atomic E-state index is -0.122. The second-order valence-electron chi connectivity index (χ2n) is 7.98. The van der Waals surface area contributed by atoms with Crippen LogP contribution in [0.5, 0.6) is 5.75 Å². The number of ether oxygens (including phenoxy) is 1. The van der Waals surface area contributed by atoms with E-state index < -0.39 is 0 Å². The molecule has 0 aromatic heterocycles. The average molecular weight is 391 g/mol. The molecule has 0 heterocycles. The second kappa shape index (κ2) is 17.6. The van der Waals surface area contributed by atoms with Gasteiger partial charge in [-0.3, -0.25) is 4.79 Å². The first-order chi connectivity index (χ1) is 13.7. The molecule has 0 amide bonds. The molecule has 0 saturated heterocycles. The van der Waals surface area contributed by atoms with E-state index in [-0.39, 0.29) is 11.7 Å². The van der Waals surface area contributed by atoms with Crippen molar-refractivity contribution in [3.63, 3.8) is 0 Å². The number of aryl methyl sites for hydroxylation is 1. The van der Waals surface area contributed by atoms with Crippen LogP contribution in [0.25, 0.3) is 0 Å². The van der Waals surface area contributed by atoms with Crippen LogP contribution < -0.4 is 0 Å². The molecule has 0 fully saturated rings. The van der Waals surface area contributed by atoms with E-state index in [0.29, 0.717) is 19.4 Å². The summed E-state index contributed by atoms with van der Waals surface area (Å²) in [7, 11) is 0. The van der Waals surface area contributed by atoms with E-state index in [1.165, 1.54) is 77.0 Å². The van der Waals surface area contributed by atoms with Crippen molar-refractivity contribution >= 4 is 5.97 Å². The van der Waals surface area contributed by atoms with Crippen molar-refractivity contribution in [1.82, 2.24) is 0 Å². The Bertz CT molecular complexity index is 481. The summed E-state index contributed by atoms with van der Waals surface area (Å²) < 4.78 is 5.31. The monoisotopic (exact) mass is 390 g/mol. The van der Waals surface area contributed by atoms with Crippen LogP contribution in [-0.4, -0.2) is 17.7 Å². The van der Waals surface area contributed by atoms with Crippen molar-refractivity contribution < 1.29 is 14.6 Å². The third-order valence-electron chi connectivity index (χ3n) is 5.32. The van der Waals surface area contributed by atoms with Crippen molar-refractivity contribution in [3.8, 4) is 5.75 Å². The highest BCUT2D eigenvalue weighted by Gasteiger charge is 2.04. The van der Waals surface area contributed by atoms with Crippen LogP contribution in [-0.2, 0) is 16.0 Å². The maximum Gasteiger partial charge on any atom is 0.306 e. The number of phenolic OH excluding ortho intramolecular Hbond substituents is 1. The molecule has 1 aromatic carbocycles. The summed E-state index contributed by atoms with van der Waals surface area (Å²) in [5, 5.41) is 9.24. The maximum absolute atomic E-state index is 11.7. The molecular weight excluding hydrogens is 348 g/mol. The van der Waals surface area contributed by atoms with Crippen LogP contribution in [0.4, 0.5) is 0 Å². The average Bonchev–Trinajstić information content (AvgIpc) is 2.70. The number of phenols is 1. The van der Waals surface area contributed by atoms with E-state index in [4.69, 9.17) is 4.74 Å². The number of hydrogen-bond acceptors (Lipinski definition) is 3. The van der Waals surface area contributed by atoms with Gasteiger partial charge in [0, 0.05) is 6.42 Å². The second-order valence-corrected chi connectivity index (χ2v) is 7.98. The summed E-state index contributed by atoms with van der Waals surface area (Å²) in [5.74, 6) is 0.131. The van der Waals surface area contributed by atoms with Crippen LogP contribution in [0.2, 0.25) is 0 Å². The van der Waals surface area contributed by atoms with Crippen molar-refractivity contribution in [2.75, 3.05) is 6.61 Å². The van der Waals surface area contributed by atoms with Crippen molar-refractivity contribution in [3.05, 3.63) is 29.8 Å². The molecular formula is C25H42O3. The van der Waals surface area contributed by atoms with Gasteiger partial charge >= 0.3 is 5.97 Å². The van der Waals surface area contributed by atoms with Crippen molar-refractivity contribution in [2.24, 2.45) is 0 Å². The quantitative estimate of drug-likeness (QED) is 0.210. The summed E-state index contributed by atoms with van der Waals surface area (Å²) in [6, 6.07) is 6.98. The first kappa shape index (κ1) is 24.5. The molecule has 0 aliphatic carbocycles. The van der Waals surface area contributed by atoms with Gasteiger partial charge in [0.15, 0.2) is 0 Å². The van der Waals surface area contributed by atoms with E-state index in [2.05, 4.69) is 6.92 Å². The normalized spacial score (nSPS) is 10.9. The molecule has 0 spiro atoms. The first-order valence-electron chi connectivity index (χ1n) is 11.7. The zero-order chi connectivity index (χ0) is 20.3. The van der Waals surface area contributed by atoms with Crippen LogP contribution >= 0.6 is 0 Å². The van der Waals surface area contributed by atoms with Gasteiger partial charge in [0.25, 0.3) is 0 Å². The molecule has 0 radical (unpaired) electrons. The van der Waals surface area contributed by atoms with Gasteiger partial charge < -0.3 is 9.84 Å². The molecule has 28 heavy (non-hydrogen) atoms. The van der Waals surface area contributed by atoms with Gasteiger partial charge in [-0.05, 0) is 30.5 Å². The number of aromatic hydroxyl groups is 1. The van der Waals surface area contributed by atoms with Crippen LogP contribution in [0, 0.1) is 0 Å². The van der Waals surface area contributed by atoms with E-state index in [1.54, 1.807) is 12.1 Å². The lowest BCUT2D eigenvalue weighted by Gasteiger charge is -2.06. The maximum atomic E-state index is 11.7. The van der Waals surface area contributed by atoms with Gasteiger partial charge in [-0.2, -0.15) is 0 Å². The van der Waals surface area contributed by atoms with Gasteiger partial charge in [-0.25, -0.2) is 0 Å². The summed E-state index contributed by atoms with van der Waals surface area (Å²) in [6.45, 7) is 2.82. The summed E-state index contributed by atoms with van der Waals surface area (Å²) in [4.78, 5) is 11.7. The molecule has 0 aliphatic heterocycles. The molecule has 1 N–H and O–H groups in total. The molecule has 0 saturated carbocycles. The Hall–Kier alpha value is -1.51. The highest BCUT2D eigenvalue weighted by Crippen LogP contribution is 2.13. The number of hydrogen-bond donors (Lipinski definition) is 1. The Morgan fingerprint density at radius 3 is 1.71 bits per heavy atom. The summed E-state index contributed by atoms with van der Waals surface area (Å²) in [6.07, 6.45) is 19.7. The molecule has 0 aliphatic rings. The Morgan fingerprint density at radius 1 is 0.750 bits per heavy atom. The lowest BCUT2D eigenvalue weighted by Crippen LogP contribution is -2.07. The van der Waals surface area contributed by atoms with E-state index in [9.17, 15) is 9.90 Å². The smallest absolute Gasteiger partial charge is 0.306 e. The highest BCUT2D eigenvalue weighted by atomic mass is 16.5. The van der Waals surface area contributed by atoms with Crippen LogP contribution in [0.15, 0.2) is 24.3 Å². The number of rotatable bonds is 18. The summed E-state index contributed by atoms with van der Waals surface area (Å²) >= 11 is 0. The Kier molecular flexibility index (Phi) is 15.4. The lowest BCUT2D eigenvalue weighted by molar-refractivity contribution is -0.143. The fourth-order valence-corrected chi connectivity index (χ4v) is 3.46. The van der Waals surface area contributed by atoms with E-state index >= 15 is 0 Å². The highest BCUT2D eigenvalue weighted by molar-refractivity contribution is 5.69. The first-order valence-corrected chi connectivity index (χ1v) is 11.7. The number of esters is 1. The third-order valence-corrected chi connectivity index (χ3v) is 5.32. The largest absolute Gasteiger partial charge is 0.508 e. The molecule has 0 atom stereocenters. The number of carbonyl (C=O) groups excluding carboxylic acids is 1. The SMILES string of the molecule is CCCCCCCCCCCCCCCCOC(=O)CCc1ccc(O)cc1. The van der Waals surface area contributed by atoms with Gasteiger partial charge in [0.05, 0.1) is 6.61 Å². The zero-order valence-corrected chi connectivity index (χ0v) is 18.1. The van der Waals surface area contributed by atoms with Gasteiger partial charge in [-0.1, -0.05) is 103 Å². The van der Waals surface area contributed by atoms with E-state index in [1.807, 2.05) is 12.1 Å². The van der Waals surface area contributed by atoms with Crippen molar-refractivity contribution in [1.29, 1.82) is 0 Å². The zero-order valence-electron chi connectivity index (χ0n) is 18.1. The molecule has 3 nitrogen and oxygen atoms in total. The lowest BCUT2D eigenvalue weighted by atomic mass is 10.0. The molecule has 3 heteroatoms.